The third kappa shape index (κ3) is 9.39. The number of rotatable bonds is 2. The van der Waals surface area contributed by atoms with Gasteiger partial charge < -0.3 is 0 Å². The average Bonchev–Trinajstić information content (AvgIpc) is 2.70. The number of hydrogen-bond donors (Lipinski definition) is 0. The van der Waals surface area contributed by atoms with Crippen molar-refractivity contribution in [1.29, 1.82) is 0 Å². The van der Waals surface area contributed by atoms with E-state index < -0.39 is 0 Å². The number of azo groups is 1. The van der Waals surface area contributed by atoms with Crippen LogP contribution in [-0.2, 0) is 0 Å². The first-order chi connectivity index (χ1) is 11.9. The van der Waals surface area contributed by atoms with E-state index in [1.165, 1.54) is 114 Å². The Hall–Kier alpha value is -0.920. The lowest BCUT2D eigenvalue weighted by Gasteiger charge is -2.03. The SMILES string of the molecule is C1=C(/N=N/C2=C/CCCCCCCCC2)CCCCCCCCC/1. The summed E-state index contributed by atoms with van der Waals surface area (Å²) < 4.78 is 0. The highest BCUT2D eigenvalue weighted by molar-refractivity contribution is 5.04. The summed E-state index contributed by atoms with van der Waals surface area (Å²) in [6.45, 7) is 0. The first-order valence-electron chi connectivity index (χ1n) is 10.7. The van der Waals surface area contributed by atoms with Crippen molar-refractivity contribution < 1.29 is 0 Å². The molecule has 0 fully saturated rings. The van der Waals surface area contributed by atoms with E-state index in [2.05, 4.69) is 22.4 Å². The van der Waals surface area contributed by atoms with Crippen LogP contribution in [0.1, 0.15) is 116 Å². The van der Waals surface area contributed by atoms with Gasteiger partial charge in [-0.05, 0) is 51.4 Å². The lowest BCUT2D eigenvalue weighted by molar-refractivity contribution is 0.585. The summed E-state index contributed by atoms with van der Waals surface area (Å²) in [4.78, 5) is 0. The van der Waals surface area contributed by atoms with Crippen LogP contribution in [0.2, 0.25) is 0 Å². The van der Waals surface area contributed by atoms with E-state index in [-0.39, 0.29) is 0 Å². The zero-order chi connectivity index (χ0) is 16.7. The summed E-state index contributed by atoms with van der Waals surface area (Å²) in [5.41, 5.74) is 2.49. The molecule has 2 heteroatoms. The molecular weight excluding hydrogens is 292 g/mol. The van der Waals surface area contributed by atoms with Crippen LogP contribution in [0.5, 0.6) is 0 Å². The summed E-state index contributed by atoms with van der Waals surface area (Å²) in [5, 5.41) is 9.36. The summed E-state index contributed by atoms with van der Waals surface area (Å²) >= 11 is 0. The molecule has 0 aromatic rings. The summed E-state index contributed by atoms with van der Waals surface area (Å²) in [5.74, 6) is 0. The molecule has 0 saturated heterocycles. The zero-order valence-corrected chi connectivity index (χ0v) is 15.8. The molecule has 0 aromatic carbocycles. The van der Waals surface area contributed by atoms with Gasteiger partial charge in [-0.25, -0.2) is 0 Å². The van der Waals surface area contributed by atoms with E-state index in [4.69, 9.17) is 0 Å². The van der Waals surface area contributed by atoms with Crippen molar-refractivity contribution in [3.05, 3.63) is 23.5 Å². The first kappa shape index (κ1) is 19.4. The Morgan fingerprint density at radius 3 is 1.17 bits per heavy atom. The average molecular weight is 331 g/mol. The van der Waals surface area contributed by atoms with Gasteiger partial charge in [-0.3, -0.25) is 0 Å². The van der Waals surface area contributed by atoms with Gasteiger partial charge in [0, 0.05) is 0 Å². The second-order valence-corrected chi connectivity index (χ2v) is 7.62. The molecule has 0 saturated carbocycles. The van der Waals surface area contributed by atoms with Crippen molar-refractivity contribution in [2.45, 2.75) is 116 Å². The van der Waals surface area contributed by atoms with Gasteiger partial charge in [0.1, 0.15) is 0 Å². The van der Waals surface area contributed by atoms with Crippen molar-refractivity contribution in [1.82, 2.24) is 0 Å². The molecule has 0 unspecified atom stereocenters. The van der Waals surface area contributed by atoms with Crippen molar-refractivity contribution in [2.24, 2.45) is 10.2 Å². The standard InChI is InChI=1S/C22H38N2/c1-2-6-10-14-18-21(17-13-9-5-1)23-24-22-19-15-11-7-3-4-8-12-16-20-22/h17,19H,1-16,18,20H2/b21-17+,22-19+,24-23+. The van der Waals surface area contributed by atoms with E-state index >= 15 is 0 Å². The predicted molar refractivity (Wildman–Crippen MR) is 104 cm³/mol. The molecule has 0 atom stereocenters. The van der Waals surface area contributed by atoms with Crippen LogP contribution in [0.3, 0.4) is 0 Å². The molecule has 0 radical (unpaired) electrons. The highest BCUT2D eigenvalue weighted by Crippen LogP contribution is 2.21. The van der Waals surface area contributed by atoms with Gasteiger partial charge in [0.25, 0.3) is 0 Å². The minimum Gasteiger partial charge on any atom is -0.156 e. The molecule has 0 amide bonds. The summed E-state index contributed by atoms with van der Waals surface area (Å²) in [7, 11) is 0. The fourth-order valence-corrected chi connectivity index (χ4v) is 3.72. The zero-order valence-electron chi connectivity index (χ0n) is 15.8. The maximum absolute atomic E-state index is 4.68. The molecule has 0 aromatic heterocycles. The minimum atomic E-state index is 1.12. The van der Waals surface area contributed by atoms with Crippen LogP contribution in [0.4, 0.5) is 0 Å². The fraction of sp³-hybridized carbons (Fsp3) is 0.818. The first-order valence-corrected chi connectivity index (χ1v) is 10.7. The van der Waals surface area contributed by atoms with Crippen molar-refractivity contribution in [2.75, 3.05) is 0 Å². The van der Waals surface area contributed by atoms with Crippen molar-refractivity contribution in [3.63, 3.8) is 0 Å². The van der Waals surface area contributed by atoms with Gasteiger partial charge in [-0.15, -0.1) is 0 Å². The van der Waals surface area contributed by atoms with Crippen LogP contribution >= 0.6 is 0 Å². The Balaban J connectivity index is 1.89. The quantitative estimate of drug-likeness (QED) is 0.455. The lowest BCUT2D eigenvalue weighted by atomic mass is 10.1. The van der Waals surface area contributed by atoms with Crippen molar-refractivity contribution >= 4 is 0 Å². The number of nitrogens with zero attached hydrogens (tertiary/aromatic N) is 2. The molecule has 0 spiro atoms. The molecule has 0 heterocycles. The lowest BCUT2D eigenvalue weighted by Crippen LogP contribution is -1.85. The van der Waals surface area contributed by atoms with E-state index in [9.17, 15) is 0 Å². The van der Waals surface area contributed by atoms with E-state index in [1.807, 2.05) is 0 Å². The smallest absolute Gasteiger partial charge is 0.0590 e. The second kappa shape index (κ2) is 13.4. The molecule has 0 aliphatic heterocycles. The third-order valence-corrected chi connectivity index (χ3v) is 5.34. The summed E-state index contributed by atoms with van der Waals surface area (Å²) in [6, 6.07) is 0. The Morgan fingerprint density at radius 2 is 0.750 bits per heavy atom. The van der Waals surface area contributed by atoms with Gasteiger partial charge in [-0.2, -0.15) is 10.2 Å². The van der Waals surface area contributed by atoms with Gasteiger partial charge in [0.15, 0.2) is 0 Å². The number of allylic oxidation sites excluding steroid dienone is 4. The molecule has 2 rings (SSSR count). The Labute approximate surface area is 149 Å². The molecule has 2 aliphatic rings. The van der Waals surface area contributed by atoms with Crippen LogP contribution < -0.4 is 0 Å². The highest BCUT2D eigenvalue weighted by atomic mass is 15.1. The molecule has 0 bridgehead atoms. The van der Waals surface area contributed by atoms with E-state index in [0.29, 0.717) is 0 Å². The summed E-state index contributed by atoms with van der Waals surface area (Å²) in [6.07, 6.45) is 28.5. The number of hydrogen-bond acceptors (Lipinski definition) is 2. The van der Waals surface area contributed by atoms with E-state index in [0.717, 1.165) is 12.8 Å². The fourth-order valence-electron chi connectivity index (χ4n) is 3.72. The Bertz CT molecular complexity index is 368. The van der Waals surface area contributed by atoms with Crippen molar-refractivity contribution in [3.8, 4) is 0 Å². The maximum atomic E-state index is 4.68. The molecule has 136 valence electrons. The van der Waals surface area contributed by atoms with Gasteiger partial charge in [0.05, 0.1) is 11.4 Å². The normalized spacial score (nSPS) is 28.0. The third-order valence-electron chi connectivity index (χ3n) is 5.34. The Kier molecular flexibility index (Phi) is 10.8. The van der Waals surface area contributed by atoms with E-state index in [1.54, 1.807) is 0 Å². The van der Waals surface area contributed by atoms with Crippen LogP contribution in [0.25, 0.3) is 0 Å². The monoisotopic (exact) mass is 330 g/mol. The molecule has 2 nitrogen and oxygen atoms in total. The second-order valence-electron chi connectivity index (χ2n) is 7.62. The molecular formula is C22H38N2. The van der Waals surface area contributed by atoms with Crippen LogP contribution in [0, 0.1) is 0 Å². The molecule has 2 aliphatic carbocycles. The Morgan fingerprint density at radius 1 is 0.417 bits per heavy atom. The van der Waals surface area contributed by atoms with Gasteiger partial charge in [0.2, 0.25) is 0 Å². The van der Waals surface area contributed by atoms with Gasteiger partial charge >= 0.3 is 0 Å². The maximum Gasteiger partial charge on any atom is 0.0590 e. The largest absolute Gasteiger partial charge is 0.156 e. The predicted octanol–water partition coefficient (Wildman–Crippen LogP) is 8.26. The molecule has 24 heavy (non-hydrogen) atoms. The highest BCUT2D eigenvalue weighted by Gasteiger charge is 2.02. The minimum absolute atomic E-state index is 1.12. The topological polar surface area (TPSA) is 24.7 Å². The van der Waals surface area contributed by atoms with Gasteiger partial charge in [-0.1, -0.05) is 76.4 Å². The van der Waals surface area contributed by atoms with Crippen LogP contribution in [0.15, 0.2) is 33.8 Å². The van der Waals surface area contributed by atoms with Crippen LogP contribution in [-0.4, -0.2) is 0 Å². The molecule has 0 N–H and O–H groups in total.